The van der Waals surface area contributed by atoms with Crippen LogP contribution in [0, 0.1) is 5.92 Å². The highest BCUT2D eigenvalue weighted by molar-refractivity contribution is 5.82. The van der Waals surface area contributed by atoms with Gasteiger partial charge in [-0.25, -0.2) is 0 Å². The molecular formula is C14H16O. The van der Waals surface area contributed by atoms with Gasteiger partial charge in [-0.15, -0.1) is 0 Å². The second-order valence-electron chi connectivity index (χ2n) is 4.17. The molecule has 2 rings (SSSR count). The Bertz CT molecular complexity index is 448. The van der Waals surface area contributed by atoms with Gasteiger partial charge in [-0.1, -0.05) is 49.4 Å². The zero-order valence-corrected chi connectivity index (χ0v) is 8.98. The first-order chi connectivity index (χ1) is 7.29. The van der Waals surface area contributed by atoms with Crippen molar-refractivity contribution in [1.29, 1.82) is 0 Å². The van der Waals surface area contributed by atoms with Crippen LogP contribution < -0.4 is 0 Å². The van der Waals surface area contributed by atoms with Crippen molar-refractivity contribution in [3.05, 3.63) is 48.0 Å². The topological polar surface area (TPSA) is 20.2 Å². The van der Waals surface area contributed by atoms with Crippen LogP contribution in [-0.4, -0.2) is 11.7 Å². The molecule has 0 saturated carbocycles. The Kier molecular flexibility index (Phi) is 3.02. The third-order valence-electron chi connectivity index (χ3n) is 2.71. The van der Waals surface area contributed by atoms with E-state index in [9.17, 15) is 0 Å². The molecule has 2 aromatic carbocycles. The van der Waals surface area contributed by atoms with Crippen LogP contribution in [0.25, 0.3) is 10.8 Å². The molecule has 0 radical (unpaired) electrons. The minimum absolute atomic E-state index is 0.257. The highest BCUT2D eigenvalue weighted by Gasteiger charge is 2.02. The van der Waals surface area contributed by atoms with E-state index in [4.69, 9.17) is 5.11 Å². The molecule has 0 heterocycles. The van der Waals surface area contributed by atoms with Gasteiger partial charge in [0.1, 0.15) is 0 Å². The van der Waals surface area contributed by atoms with E-state index in [1.54, 1.807) is 0 Å². The summed E-state index contributed by atoms with van der Waals surface area (Å²) in [6, 6.07) is 14.9. The predicted octanol–water partition coefficient (Wildman–Crippen LogP) is 3.01. The van der Waals surface area contributed by atoms with Crippen LogP contribution in [0.15, 0.2) is 42.5 Å². The summed E-state index contributed by atoms with van der Waals surface area (Å²) in [7, 11) is 0. The number of benzene rings is 2. The van der Waals surface area contributed by atoms with Gasteiger partial charge in [0.15, 0.2) is 0 Å². The van der Waals surface area contributed by atoms with E-state index in [1.165, 1.54) is 16.3 Å². The van der Waals surface area contributed by atoms with E-state index < -0.39 is 0 Å². The molecule has 78 valence electrons. The number of hydrogen-bond donors (Lipinski definition) is 1. The number of rotatable bonds is 3. The number of fused-ring (bicyclic) bond motifs is 1. The highest BCUT2D eigenvalue weighted by atomic mass is 16.3. The van der Waals surface area contributed by atoms with Gasteiger partial charge in [-0.2, -0.15) is 0 Å². The van der Waals surface area contributed by atoms with Crippen LogP contribution in [0.5, 0.6) is 0 Å². The van der Waals surface area contributed by atoms with Crippen molar-refractivity contribution >= 4 is 10.8 Å². The van der Waals surface area contributed by atoms with Gasteiger partial charge in [-0.05, 0) is 28.7 Å². The second-order valence-corrected chi connectivity index (χ2v) is 4.17. The number of aliphatic hydroxyl groups is 1. The lowest BCUT2D eigenvalue weighted by Crippen LogP contribution is -2.04. The fourth-order valence-electron chi connectivity index (χ4n) is 1.83. The standard InChI is InChI=1S/C14H16O/c1-11(10-15)8-12-6-7-13-4-2-3-5-14(13)9-12/h2-7,9,11,15H,8,10H2,1H3. The predicted molar refractivity (Wildman–Crippen MR) is 63.9 cm³/mol. The van der Waals surface area contributed by atoms with Crippen molar-refractivity contribution in [1.82, 2.24) is 0 Å². The molecule has 0 spiro atoms. The molecule has 0 bridgehead atoms. The van der Waals surface area contributed by atoms with E-state index in [-0.39, 0.29) is 6.61 Å². The summed E-state index contributed by atoms with van der Waals surface area (Å²) in [6.07, 6.45) is 0.946. The fourth-order valence-corrected chi connectivity index (χ4v) is 1.83. The van der Waals surface area contributed by atoms with Crippen molar-refractivity contribution in [2.45, 2.75) is 13.3 Å². The molecular weight excluding hydrogens is 184 g/mol. The van der Waals surface area contributed by atoms with E-state index in [1.807, 2.05) is 0 Å². The molecule has 1 atom stereocenters. The Hall–Kier alpha value is -1.34. The zero-order valence-electron chi connectivity index (χ0n) is 8.98. The third kappa shape index (κ3) is 2.37. The normalized spacial score (nSPS) is 12.9. The van der Waals surface area contributed by atoms with E-state index in [0.29, 0.717) is 5.92 Å². The third-order valence-corrected chi connectivity index (χ3v) is 2.71. The molecule has 1 unspecified atom stereocenters. The lowest BCUT2D eigenvalue weighted by atomic mass is 9.99. The van der Waals surface area contributed by atoms with Crippen molar-refractivity contribution in [3.8, 4) is 0 Å². The maximum atomic E-state index is 9.01. The molecule has 2 aromatic rings. The van der Waals surface area contributed by atoms with Crippen molar-refractivity contribution in [2.24, 2.45) is 5.92 Å². The maximum Gasteiger partial charge on any atom is 0.0459 e. The minimum Gasteiger partial charge on any atom is -0.396 e. The molecule has 1 heteroatoms. The molecule has 0 fully saturated rings. The summed E-state index contributed by atoms with van der Waals surface area (Å²) in [5.74, 6) is 0.339. The first-order valence-electron chi connectivity index (χ1n) is 5.38. The number of aliphatic hydroxyl groups excluding tert-OH is 1. The van der Waals surface area contributed by atoms with Crippen LogP contribution >= 0.6 is 0 Å². The largest absolute Gasteiger partial charge is 0.396 e. The van der Waals surface area contributed by atoms with Gasteiger partial charge < -0.3 is 5.11 Å². The highest BCUT2D eigenvalue weighted by Crippen LogP contribution is 2.17. The summed E-state index contributed by atoms with van der Waals surface area (Å²) < 4.78 is 0. The van der Waals surface area contributed by atoms with Crippen molar-refractivity contribution in [2.75, 3.05) is 6.61 Å². The molecule has 0 aliphatic heterocycles. The average molecular weight is 200 g/mol. The Labute approximate surface area is 90.4 Å². The summed E-state index contributed by atoms with van der Waals surface area (Å²) in [5, 5.41) is 11.6. The van der Waals surface area contributed by atoms with Gasteiger partial charge in [0.05, 0.1) is 0 Å². The van der Waals surface area contributed by atoms with Crippen LogP contribution in [0.3, 0.4) is 0 Å². The smallest absolute Gasteiger partial charge is 0.0459 e. The van der Waals surface area contributed by atoms with Gasteiger partial charge in [0, 0.05) is 6.61 Å². The van der Waals surface area contributed by atoms with Crippen LogP contribution in [-0.2, 0) is 6.42 Å². The summed E-state index contributed by atoms with van der Waals surface area (Å²) >= 11 is 0. The SMILES string of the molecule is CC(CO)Cc1ccc2ccccc2c1. The van der Waals surface area contributed by atoms with Crippen LogP contribution in [0.4, 0.5) is 0 Å². The Morgan fingerprint density at radius 1 is 1.07 bits per heavy atom. The van der Waals surface area contributed by atoms with Gasteiger partial charge in [0.2, 0.25) is 0 Å². The lowest BCUT2D eigenvalue weighted by molar-refractivity contribution is 0.237. The summed E-state index contributed by atoms with van der Waals surface area (Å²) in [5.41, 5.74) is 1.30. The van der Waals surface area contributed by atoms with Gasteiger partial charge in [-0.3, -0.25) is 0 Å². The molecule has 0 amide bonds. The Morgan fingerprint density at radius 2 is 1.80 bits per heavy atom. The van der Waals surface area contributed by atoms with Crippen LogP contribution in [0.2, 0.25) is 0 Å². The molecule has 0 aliphatic rings. The first kappa shape index (κ1) is 10.2. The Balaban J connectivity index is 2.30. The zero-order chi connectivity index (χ0) is 10.7. The average Bonchev–Trinajstić information content (AvgIpc) is 2.29. The Morgan fingerprint density at radius 3 is 2.53 bits per heavy atom. The van der Waals surface area contributed by atoms with Gasteiger partial charge in [0.25, 0.3) is 0 Å². The molecule has 1 N–H and O–H groups in total. The molecule has 0 aliphatic carbocycles. The summed E-state index contributed by atoms with van der Waals surface area (Å²) in [6.45, 7) is 2.32. The van der Waals surface area contributed by atoms with Gasteiger partial charge >= 0.3 is 0 Å². The molecule has 15 heavy (non-hydrogen) atoms. The molecule has 1 nitrogen and oxygen atoms in total. The first-order valence-corrected chi connectivity index (χ1v) is 5.38. The fraction of sp³-hybridized carbons (Fsp3) is 0.286. The quantitative estimate of drug-likeness (QED) is 0.807. The monoisotopic (exact) mass is 200 g/mol. The lowest BCUT2D eigenvalue weighted by Gasteiger charge is -2.08. The molecule has 0 aromatic heterocycles. The van der Waals surface area contributed by atoms with Crippen molar-refractivity contribution in [3.63, 3.8) is 0 Å². The minimum atomic E-state index is 0.257. The van der Waals surface area contributed by atoms with E-state index in [0.717, 1.165) is 6.42 Å². The van der Waals surface area contributed by atoms with E-state index in [2.05, 4.69) is 49.4 Å². The molecule has 0 saturated heterocycles. The van der Waals surface area contributed by atoms with Crippen molar-refractivity contribution < 1.29 is 5.11 Å². The van der Waals surface area contributed by atoms with E-state index >= 15 is 0 Å². The van der Waals surface area contributed by atoms with Crippen LogP contribution in [0.1, 0.15) is 12.5 Å². The number of hydrogen-bond acceptors (Lipinski definition) is 1. The second kappa shape index (κ2) is 4.45. The summed E-state index contributed by atoms with van der Waals surface area (Å²) in [4.78, 5) is 0. The maximum absolute atomic E-state index is 9.01.